The Morgan fingerprint density at radius 1 is 1.03 bits per heavy atom. The van der Waals surface area contributed by atoms with Gasteiger partial charge in [-0.05, 0) is 43.7 Å². The molecule has 8 heteroatoms. The van der Waals surface area contributed by atoms with Crippen LogP contribution in [-0.2, 0) is 14.8 Å². The molecule has 2 aromatic rings. The van der Waals surface area contributed by atoms with Gasteiger partial charge in [-0.1, -0.05) is 41.4 Å². The number of aryl methyl sites for hydroxylation is 1. The van der Waals surface area contributed by atoms with Crippen LogP contribution in [0.1, 0.15) is 24.1 Å². The fourth-order valence-electron chi connectivity index (χ4n) is 3.31. The Hall–Kier alpha value is -1.93. The third-order valence-electron chi connectivity index (χ3n) is 5.10. The molecule has 0 spiro atoms. The zero-order valence-electron chi connectivity index (χ0n) is 16.6. The number of rotatable bonds is 6. The second-order valence-electron chi connectivity index (χ2n) is 7.33. The van der Waals surface area contributed by atoms with Gasteiger partial charge in [0.2, 0.25) is 15.9 Å². The lowest BCUT2D eigenvalue weighted by Crippen LogP contribution is -2.51. The molecule has 1 heterocycles. The molecular weight excluding hydrogens is 410 g/mol. The van der Waals surface area contributed by atoms with Crippen molar-refractivity contribution in [3.63, 3.8) is 0 Å². The Labute approximate surface area is 177 Å². The smallest absolute Gasteiger partial charge is 0.243 e. The number of halogens is 1. The van der Waals surface area contributed by atoms with E-state index in [1.807, 2.05) is 30.9 Å². The number of hydrogen-bond acceptors (Lipinski definition) is 4. The fraction of sp³-hybridized carbons (Fsp3) is 0.381. The van der Waals surface area contributed by atoms with Crippen molar-refractivity contribution in [2.24, 2.45) is 0 Å². The lowest BCUT2D eigenvalue weighted by Gasteiger charge is -2.33. The van der Waals surface area contributed by atoms with E-state index in [4.69, 9.17) is 11.6 Å². The van der Waals surface area contributed by atoms with E-state index in [1.165, 1.54) is 4.31 Å². The first-order chi connectivity index (χ1) is 13.8. The predicted molar refractivity (Wildman–Crippen MR) is 114 cm³/mol. The highest BCUT2D eigenvalue weighted by molar-refractivity contribution is 7.89. The maximum atomic E-state index is 12.8. The first kappa shape index (κ1) is 21.8. The summed E-state index contributed by atoms with van der Waals surface area (Å²) in [5.74, 6) is -0.0812. The normalized spacial score (nSPS) is 17.1. The van der Waals surface area contributed by atoms with Crippen LogP contribution in [0, 0.1) is 6.92 Å². The number of carbonyl (C=O) groups is 1. The lowest BCUT2D eigenvalue weighted by atomic mass is 10.1. The molecule has 1 N–H and O–H groups in total. The van der Waals surface area contributed by atoms with E-state index in [1.54, 1.807) is 36.4 Å². The third kappa shape index (κ3) is 5.57. The molecule has 1 aliphatic heterocycles. The zero-order valence-corrected chi connectivity index (χ0v) is 18.2. The number of piperazine rings is 1. The van der Waals surface area contributed by atoms with Gasteiger partial charge in [-0.15, -0.1) is 0 Å². The van der Waals surface area contributed by atoms with Crippen LogP contribution in [0.25, 0.3) is 0 Å². The Morgan fingerprint density at radius 3 is 2.21 bits per heavy atom. The first-order valence-electron chi connectivity index (χ1n) is 9.60. The van der Waals surface area contributed by atoms with Crippen molar-refractivity contribution < 1.29 is 13.2 Å². The number of nitrogens with one attached hydrogen (secondary N) is 1. The maximum Gasteiger partial charge on any atom is 0.243 e. The van der Waals surface area contributed by atoms with Crippen molar-refractivity contribution in [3.05, 3.63) is 64.7 Å². The van der Waals surface area contributed by atoms with Crippen LogP contribution in [0.15, 0.2) is 53.4 Å². The molecule has 0 aromatic heterocycles. The average molecular weight is 436 g/mol. The predicted octanol–water partition coefficient (Wildman–Crippen LogP) is 2.83. The van der Waals surface area contributed by atoms with Gasteiger partial charge in [0, 0.05) is 31.2 Å². The fourth-order valence-corrected chi connectivity index (χ4v) is 4.86. The molecule has 1 amide bonds. The van der Waals surface area contributed by atoms with Crippen molar-refractivity contribution in [2.45, 2.75) is 24.8 Å². The molecular formula is C21H26ClN3O3S. The highest BCUT2D eigenvalue weighted by Gasteiger charge is 2.29. The van der Waals surface area contributed by atoms with Crippen molar-refractivity contribution in [1.29, 1.82) is 0 Å². The monoisotopic (exact) mass is 435 g/mol. The van der Waals surface area contributed by atoms with E-state index >= 15 is 0 Å². The summed E-state index contributed by atoms with van der Waals surface area (Å²) in [7, 11) is -3.49. The summed E-state index contributed by atoms with van der Waals surface area (Å²) in [6.07, 6.45) is 0. The molecule has 2 aromatic carbocycles. The van der Waals surface area contributed by atoms with Crippen LogP contribution < -0.4 is 5.32 Å². The van der Waals surface area contributed by atoms with Crippen LogP contribution in [0.3, 0.4) is 0 Å². The SMILES string of the molecule is Cc1ccc(S(=O)(=O)N2CCN(CC(=O)NC(C)c3ccc(Cl)cc3)CC2)cc1. The van der Waals surface area contributed by atoms with E-state index in [0.717, 1.165) is 11.1 Å². The van der Waals surface area contributed by atoms with Crippen LogP contribution in [0.5, 0.6) is 0 Å². The largest absolute Gasteiger partial charge is 0.348 e. The van der Waals surface area contributed by atoms with Gasteiger partial charge >= 0.3 is 0 Å². The molecule has 29 heavy (non-hydrogen) atoms. The number of nitrogens with zero attached hydrogens (tertiary/aromatic N) is 2. The Balaban J connectivity index is 1.51. The molecule has 1 unspecified atom stereocenters. The molecule has 0 radical (unpaired) electrons. The van der Waals surface area contributed by atoms with Crippen LogP contribution in [-0.4, -0.2) is 56.3 Å². The summed E-state index contributed by atoms with van der Waals surface area (Å²) in [6.45, 7) is 5.88. The summed E-state index contributed by atoms with van der Waals surface area (Å²) < 4.78 is 27.0. The van der Waals surface area contributed by atoms with Gasteiger partial charge in [0.15, 0.2) is 0 Å². The first-order valence-corrected chi connectivity index (χ1v) is 11.4. The quantitative estimate of drug-likeness (QED) is 0.757. The third-order valence-corrected chi connectivity index (χ3v) is 7.27. The van der Waals surface area contributed by atoms with Gasteiger partial charge in [0.25, 0.3) is 0 Å². The number of benzene rings is 2. The minimum atomic E-state index is -3.49. The van der Waals surface area contributed by atoms with E-state index < -0.39 is 10.0 Å². The second-order valence-corrected chi connectivity index (χ2v) is 9.71. The van der Waals surface area contributed by atoms with Gasteiger partial charge in [0.05, 0.1) is 17.5 Å². The second kappa shape index (κ2) is 9.26. The molecule has 1 saturated heterocycles. The molecule has 6 nitrogen and oxygen atoms in total. The number of sulfonamides is 1. The van der Waals surface area contributed by atoms with Gasteiger partial charge in [-0.2, -0.15) is 4.31 Å². The topological polar surface area (TPSA) is 69.7 Å². The van der Waals surface area contributed by atoms with Gasteiger partial charge < -0.3 is 5.32 Å². The minimum absolute atomic E-state index is 0.0812. The molecule has 0 aliphatic carbocycles. The Bertz CT molecular complexity index is 938. The van der Waals surface area contributed by atoms with Crippen LogP contribution >= 0.6 is 11.6 Å². The average Bonchev–Trinajstić information content (AvgIpc) is 2.69. The molecule has 0 bridgehead atoms. The maximum absolute atomic E-state index is 12.8. The van der Waals surface area contributed by atoms with E-state index in [9.17, 15) is 13.2 Å². The molecule has 0 saturated carbocycles. The summed E-state index contributed by atoms with van der Waals surface area (Å²) in [5, 5.41) is 3.64. The van der Waals surface area contributed by atoms with Crippen molar-refractivity contribution >= 4 is 27.5 Å². The summed E-state index contributed by atoms with van der Waals surface area (Å²) in [4.78, 5) is 14.7. The van der Waals surface area contributed by atoms with E-state index in [2.05, 4.69) is 5.32 Å². The standard InChI is InChI=1S/C21H26ClN3O3S/c1-16-3-9-20(10-4-16)29(27,28)25-13-11-24(12-14-25)15-21(26)23-17(2)18-5-7-19(22)8-6-18/h3-10,17H,11-15H2,1-2H3,(H,23,26). The van der Waals surface area contributed by atoms with Gasteiger partial charge in [0.1, 0.15) is 0 Å². The lowest BCUT2D eigenvalue weighted by molar-refractivity contribution is -0.123. The Morgan fingerprint density at radius 2 is 1.62 bits per heavy atom. The molecule has 1 atom stereocenters. The van der Waals surface area contributed by atoms with Crippen LogP contribution in [0.4, 0.5) is 0 Å². The zero-order chi connectivity index (χ0) is 21.0. The molecule has 1 fully saturated rings. The van der Waals surface area contributed by atoms with Crippen LogP contribution in [0.2, 0.25) is 5.02 Å². The minimum Gasteiger partial charge on any atom is -0.348 e. The number of carbonyl (C=O) groups excluding carboxylic acids is 1. The summed E-state index contributed by atoms with van der Waals surface area (Å²) in [6, 6.07) is 14.1. The summed E-state index contributed by atoms with van der Waals surface area (Å²) >= 11 is 5.90. The Kier molecular flexibility index (Phi) is 6.95. The molecule has 1 aliphatic rings. The summed E-state index contributed by atoms with van der Waals surface area (Å²) in [5.41, 5.74) is 2.00. The van der Waals surface area contributed by atoms with Crippen molar-refractivity contribution in [1.82, 2.24) is 14.5 Å². The number of hydrogen-bond donors (Lipinski definition) is 1. The van der Waals surface area contributed by atoms with Crippen molar-refractivity contribution in [2.75, 3.05) is 32.7 Å². The van der Waals surface area contributed by atoms with Crippen molar-refractivity contribution in [3.8, 4) is 0 Å². The van der Waals surface area contributed by atoms with Gasteiger partial charge in [-0.25, -0.2) is 8.42 Å². The molecule has 156 valence electrons. The van der Waals surface area contributed by atoms with E-state index in [0.29, 0.717) is 36.1 Å². The molecule has 3 rings (SSSR count). The van der Waals surface area contributed by atoms with E-state index in [-0.39, 0.29) is 18.5 Å². The highest BCUT2D eigenvalue weighted by atomic mass is 35.5. The highest BCUT2D eigenvalue weighted by Crippen LogP contribution is 2.19. The number of amides is 1. The van der Waals surface area contributed by atoms with Gasteiger partial charge in [-0.3, -0.25) is 9.69 Å².